The summed E-state index contributed by atoms with van der Waals surface area (Å²) in [6, 6.07) is 1.12. The fraction of sp³-hybridized carbons (Fsp3) is 1.00. The van der Waals surface area contributed by atoms with E-state index in [1.165, 1.54) is 14.7 Å². The predicted octanol–water partition coefficient (Wildman–Crippen LogP) is -7.29. The van der Waals surface area contributed by atoms with Crippen molar-refractivity contribution in [2.45, 2.75) is 38.9 Å². The topological polar surface area (TPSA) is 160 Å². The molecule has 3 atom stereocenters. The van der Waals surface area contributed by atoms with E-state index in [1.54, 1.807) is 0 Å². The fourth-order valence-electron chi connectivity index (χ4n) is 0.548. The zero-order valence-corrected chi connectivity index (χ0v) is 18.7. The first-order chi connectivity index (χ1) is 11.5. The van der Waals surface area contributed by atoms with Crippen molar-refractivity contribution in [1.29, 1.82) is 0 Å². The zero-order chi connectivity index (χ0) is 22.1. The van der Waals surface area contributed by atoms with Crippen LogP contribution >= 0.6 is 7.82 Å². The van der Waals surface area contributed by atoms with Crippen LogP contribution in [0.15, 0.2) is 0 Å². The first kappa shape index (κ1) is 33.5. The molecule has 0 saturated heterocycles. The number of nitrogens with one attached hydrogen (secondary N) is 3. The minimum absolute atomic E-state index is 0.280. The lowest BCUT2D eigenvalue weighted by molar-refractivity contribution is -0.884. The van der Waals surface area contributed by atoms with Gasteiger partial charge in [-0.2, -0.15) is 7.82 Å². The van der Waals surface area contributed by atoms with Gasteiger partial charge < -0.3 is 49.3 Å². The van der Waals surface area contributed by atoms with Crippen LogP contribution < -0.4 is 29.4 Å². The third kappa shape index (κ3) is 39.1. The summed E-state index contributed by atoms with van der Waals surface area (Å²) in [4.78, 5) is 29.5. The lowest BCUT2D eigenvalue weighted by atomic mass is 10.3. The number of aliphatic hydroxyl groups excluding tert-OH is 3. The molecule has 0 amide bonds. The molecule has 0 heterocycles. The number of aliphatic hydroxyl groups is 3. The van der Waals surface area contributed by atoms with Crippen molar-refractivity contribution in [1.82, 2.24) is 0 Å². The first-order valence-corrected chi connectivity index (χ1v) is 9.96. The zero-order valence-electron chi connectivity index (χ0n) is 17.8. The number of quaternary nitrogens is 3. The molecule has 164 valence electrons. The molecule has 0 aromatic carbocycles. The van der Waals surface area contributed by atoms with Crippen LogP contribution in [0.25, 0.3) is 0 Å². The second-order valence-electron chi connectivity index (χ2n) is 6.93. The minimum atomic E-state index is -5.39. The maximum atomic E-state index is 8.55. The molecule has 0 rings (SSSR count). The molecule has 0 radical (unpaired) electrons. The summed E-state index contributed by atoms with van der Waals surface area (Å²) in [5, 5.41) is 25.5. The Labute approximate surface area is 158 Å². The van der Waals surface area contributed by atoms with Gasteiger partial charge in [-0.15, -0.1) is 0 Å². The van der Waals surface area contributed by atoms with Crippen LogP contribution in [0.2, 0.25) is 0 Å². The monoisotopic (exact) mass is 407 g/mol. The fourth-order valence-corrected chi connectivity index (χ4v) is 0.548. The molecule has 11 heteroatoms. The Balaban J connectivity index is -0.000000125. The van der Waals surface area contributed by atoms with E-state index in [0.29, 0.717) is 18.1 Å². The van der Waals surface area contributed by atoms with Gasteiger partial charge in [0, 0.05) is 0 Å². The Morgan fingerprint density at radius 3 is 0.769 bits per heavy atom. The molecule has 0 aromatic heterocycles. The van der Waals surface area contributed by atoms with Crippen LogP contribution in [0.3, 0.4) is 0 Å². The second-order valence-corrected chi connectivity index (χ2v) is 7.82. The van der Waals surface area contributed by atoms with E-state index in [1.807, 2.05) is 63.1 Å². The van der Waals surface area contributed by atoms with Crippen molar-refractivity contribution in [3.63, 3.8) is 0 Å². The highest BCUT2D eigenvalue weighted by atomic mass is 31.2. The van der Waals surface area contributed by atoms with Gasteiger partial charge in [-0.25, -0.2) is 0 Å². The van der Waals surface area contributed by atoms with Crippen LogP contribution in [0.1, 0.15) is 20.8 Å². The van der Waals surface area contributed by atoms with Gasteiger partial charge in [0.25, 0.3) is 0 Å². The number of rotatable bonds is 6. The number of phosphoric acid groups is 1. The number of likely N-dealkylation sites (N-methyl/N-ethyl adjacent to an activating group) is 3. The summed E-state index contributed by atoms with van der Waals surface area (Å²) in [6.45, 7) is 6.87. The maximum absolute atomic E-state index is 8.55. The van der Waals surface area contributed by atoms with Crippen molar-refractivity contribution in [2.24, 2.45) is 0 Å². The highest BCUT2D eigenvalue weighted by molar-refractivity contribution is 7.40. The van der Waals surface area contributed by atoms with E-state index >= 15 is 0 Å². The molecule has 10 nitrogen and oxygen atoms in total. The van der Waals surface area contributed by atoms with Gasteiger partial charge >= 0.3 is 0 Å². The maximum Gasteiger partial charge on any atom is 0.108 e. The van der Waals surface area contributed by atoms with E-state index in [0.717, 1.165) is 0 Å². The molecule has 0 spiro atoms. The average Bonchev–Trinajstić information content (AvgIpc) is 2.51. The Morgan fingerprint density at radius 2 is 0.769 bits per heavy atom. The third-order valence-corrected chi connectivity index (χ3v) is 3.78. The Bertz CT molecular complexity index is 287. The Hall–Kier alpha value is -0.130. The van der Waals surface area contributed by atoms with E-state index in [-0.39, 0.29) is 19.8 Å². The summed E-state index contributed by atoms with van der Waals surface area (Å²) in [6.07, 6.45) is 0. The molecule has 0 aromatic rings. The van der Waals surface area contributed by atoms with Gasteiger partial charge in [0.2, 0.25) is 0 Å². The highest BCUT2D eigenvalue weighted by Crippen LogP contribution is 2.03. The van der Waals surface area contributed by atoms with Gasteiger partial charge in [-0.05, 0) is 20.8 Å². The summed E-state index contributed by atoms with van der Waals surface area (Å²) < 4.78 is 8.55. The summed E-state index contributed by atoms with van der Waals surface area (Å²) >= 11 is 0. The first-order valence-electron chi connectivity index (χ1n) is 8.50. The molecule has 3 unspecified atom stereocenters. The Morgan fingerprint density at radius 1 is 0.654 bits per heavy atom. The van der Waals surface area contributed by atoms with Crippen molar-refractivity contribution in [3.8, 4) is 0 Å². The molecule has 0 aliphatic heterocycles. The summed E-state index contributed by atoms with van der Waals surface area (Å²) in [5.74, 6) is 0. The van der Waals surface area contributed by atoms with Crippen molar-refractivity contribution in [3.05, 3.63) is 0 Å². The van der Waals surface area contributed by atoms with Crippen molar-refractivity contribution < 1.29 is 49.3 Å². The van der Waals surface area contributed by atoms with Gasteiger partial charge in [0.1, 0.15) is 18.1 Å². The molecule has 0 aliphatic carbocycles. The largest absolute Gasteiger partial charge is 0.822 e. The van der Waals surface area contributed by atoms with Crippen LogP contribution in [0, 0.1) is 0 Å². The number of hydrogen-bond acceptors (Lipinski definition) is 7. The van der Waals surface area contributed by atoms with E-state index in [2.05, 4.69) is 0 Å². The quantitative estimate of drug-likeness (QED) is 0.239. The van der Waals surface area contributed by atoms with Crippen molar-refractivity contribution >= 4 is 7.82 Å². The number of hydrogen-bond donors (Lipinski definition) is 6. The molecular formula is C15H42N3O7P. The standard InChI is InChI=1S/3C5H13NO.H3O4P/c3*1-5(4-7)6(2)3;1-5(2,3)4/h3*5,7H,4H2,1-3H3;(H3,1,2,3,4). The van der Waals surface area contributed by atoms with Crippen LogP contribution in [-0.4, -0.2) is 95.6 Å². The third-order valence-electron chi connectivity index (χ3n) is 3.78. The molecule has 0 fully saturated rings. The Kier molecular flexibility index (Phi) is 25.3. The van der Waals surface area contributed by atoms with Gasteiger partial charge in [-0.3, -0.25) is 0 Å². The molecule has 0 saturated carbocycles. The van der Waals surface area contributed by atoms with Gasteiger partial charge in [0.15, 0.2) is 0 Å². The van der Waals surface area contributed by atoms with E-state index in [9.17, 15) is 0 Å². The van der Waals surface area contributed by atoms with Gasteiger partial charge in [-0.1, -0.05) is 0 Å². The van der Waals surface area contributed by atoms with E-state index in [4.69, 9.17) is 34.6 Å². The normalized spacial score (nSPS) is 14.4. The SMILES string of the molecule is CC(CO)[NH+](C)C.CC(CO)[NH+](C)C.CC(CO)[NH+](C)C.O=P([O-])([O-])[O-]. The average molecular weight is 407 g/mol. The predicted molar refractivity (Wildman–Crippen MR) is 95.7 cm³/mol. The van der Waals surface area contributed by atoms with Gasteiger partial charge in [0.05, 0.1) is 62.1 Å². The lowest BCUT2D eigenvalue weighted by Crippen LogP contribution is -3.10. The molecular weight excluding hydrogens is 365 g/mol. The molecule has 6 N–H and O–H groups in total. The van der Waals surface area contributed by atoms with Crippen molar-refractivity contribution in [2.75, 3.05) is 62.1 Å². The summed E-state index contributed by atoms with van der Waals surface area (Å²) in [7, 11) is 6.78. The highest BCUT2D eigenvalue weighted by Gasteiger charge is 2.03. The minimum Gasteiger partial charge on any atom is -0.822 e. The smallest absolute Gasteiger partial charge is 0.108 e. The van der Waals surface area contributed by atoms with Crippen LogP contribution in [-0.2, 0) is 4.57 Å². The van der Waals surface area contributed by atoms with E-state index < -0.39 is 7.82 Å². The summed E-state index contributed by atoms with van der Waals surface area (Å²) in [5.41, 5.74) is 0. The molecule has 26 heavy (non-hydrogen) atoms. The lowest BCUT2D eigenvalue weighted by Gasteiger charge is -2.36. The second kappa shape index (κ2) is 19.6. The van der Waals surface area contributed by atoms with Crippen LogP contribution in [0.5, 0.6) is 0 Å². The molecule has 0 aliphatic rings. The molecule has 0 bridgehead atoms. The van der Waals surface area contributed by atoms with Crippen LogP contribution in [0.4, 0.5) is 0 Å².